The first-order chi connectivity index (χ1) is 9.47. The van der Waals surface area contributed by atoms with Gasteiger partial charge in [0.05, 0.1) is 11.7 Å². The largest absolute Gasteiger partial charge is 0.459 e. The van der Waals surface area contributed by atoms with Gasteiger partial charge in [-0.2, -0.15) is 0 Å². The minimum Gasteiger partial charge on any atom is -0.459 e. The number of amides is 1. The second-order valence-electron chi connectivity index (χ2n) is 5.04. The van der Waals surface area contributed by atoms with Crippen LogP contribution in [-0.2, 0) is 14.3 Å². The van der Waals surface area contributed by atoms with Crippen molar-refractivity contribution in [2.24, 2.45) is 0 Å². The molecule has 1 N–H and O–H groups in total. The van der Waals surface area contributed by atoms with Crippen LogP contribution in [0.25, 0.3) is 0 Å². The van der Waals surface area contributed by atoms with Gasteiger partial charge in [0, 0.05) is 11.5 Å². The number of esters is 1. The van der Waals surface area contributed by atoms with Gasteiger partial charge in [-0.05, 0) is 39.7 Å². The van der Waals surface area contributed by atoms with Crippen molar-refractivity contribution in [3.05, 3.63) is 16.5 Å². The van der Waals surface area contributed by atoms with Crippen LogP contribution in [0, 0.1) is 6.92 Å². The lowest BCUT2D eigenvalue weighted by molar-refractivity contribution is -0.124. The van der Waals surface area contributed by atoms with Crippen LogP contribution in [0.2, 0.25) is 0 Å². The predicted molar refractivity (Wildman–Crippen MR) is 77.2 cm³/mol. The van der Waals surface area contributed by atoms with E-state index in [9.17, 15) is 9.59 Å². The fraction of sp³-hybridized carbons (Fsp3) is 0.571. The van der Waals surface area contributed by atoms with Crippen molar-refractivity contribution in [1.82, 2.24) is 0 Å². The lowest BCUT2D eigenvalue weighted by atomic mass is 10.2. The van der Waals surface area contributed by atoms with Gasteiger partial charge in [-0.1, -0.05) is 0 Å². The Morgan fingerprint density at radius 2 is 2.25 bits per heavy atom. The summed E-state index contributed by atoms with van der Waals surface area (Å²) in [5.41, 5.74) is 0.410. The van der Waals surface area contributed by atoms with Crippen LogP contribution >= 0.6 is 11.3 Å². The van der Waals surface area contributed by atoms with E-state index in [4.69, 9.17) is 9.47 Å². The topological polar surface area (TPSA) is 64.6 Å². The summed E-state index contributed by atoms with van der Waals surface area (Å²) in [5, 5.41) is 3.32. The van der Waals surface area contributed by atoms with Crippen LogP contribution in [0.15, 0.2) is 6.07 Å². The van der Waals surface area contributed by atoms with Crippen LogP contribution in [0.1, 0.15) is 41.9 Å². The molecule has 6 heteroatoms. The van der Waals surface area contributed by atoms with Gasteiger partial charge in [0.2, 0.25) is 0 Å². The summed E-state index contributed by atoms with van der Waals surface area (Å²) in [6.07, 6.45) is 1.02. The standard InChI is InChI=1S/C14H19NO4S/c1-8(2)19-14(17)10-7-9(3)20-13(10)15-12(16)11-5-4-6-18-11/h7-8,11H,4-6H2,1-3H3,(H,15,16)/t11-/m0/s1. The number of hydrogen-bond acceptors (Lipinski definition) is 5. The molecular formula is C14H19NO4S. The van der Waals surface area contributed by atoms with Crippen LogP contribution in [0.4, 0.5) is 5.00 Å². The number of nitrogens with one attached hydrogen (secondary N) is 1. The summed E-state index contributed by atoms with van der Waals surface area (Å²) >= 11 is 1.37. The molecule has 2 rings (SSSR count). The smallest absolute Gasteiger partial charge is 0.341 e. The summed E-state index contributed by atoms with van der Waals surface area (Å²) in [6.45, 7) is 6.09. The SMILES string of the molecule is Cc1cc(C(=O)OC(C)C)c(NC(=O)[C@@H]2CCCO2)s1. The second-order valence-corrected chi connectivity index (χ2v) is 6.30. The van der Waals surface area contributed by atoms with Gasteiger partial charge in [-0.25, -0.2) is 4.79 Å². The summed E-state index contributed by atoms with van der Waals surface area (Å²) in [7, 11) is 0. The summed E-state index contributed by atoms with van der Waals surface area (Å²) in [5.74, 6) is -0.602. The van der Waals surface area contributed by atoms with Crippen molar-refractivity contribution in [2.45, 2.75) is 45.8 Å². The van der Waals surface area contributed by atoms with Crippen LogP contribution in [-0.4, -0.2) is 30.7 Å². The van der Waals surface area contributed by atoms with E-state index in [2.05, 4.69) is 5.32 Å². The Morgan fingerprint density at radius 3 is 2.85 bits per heavy atom. The first kappa shape index (κ1) is 15.0. The van der Waals surface area contributed by atoms with Crippen LogP contribution in [0.3, 0.4) is 0 Å². The van der Waals surface area contributed by atoms with Gasteiger partial charge in [-0.3, -0.25) is 4.79 Å². The maximum atomic E-state index is 12.0. The summed E-state index contributed by atoms with van der Waals surface area (Å²) in [6, 6.07) is 1.74. The van der Waals surface area contributed by atoms with Crippen molar-refractivity contribution in [2.75, 3.05) is 11.9 Å². The molecule has 1 aromatic heterocycles. The Labute approximate surface area is 122 Å². The first-order valence-electron chi connectivity index (χ1n) is 6.71. The quantitative estimate of drug-likeness (QED) is 0.868. The van der Waals surface area contributed by atoms with E-state index < -0.39 is 12.1 Å². The molecule has 1 aromatic rings. The number of carbonyl (C=O) groups excluding carboxylic acids is 2. The Kier molecular flexibility index (Phi) is 4.77. The first-order valence-corrected chi connectivity index (χ1v) is 7.53. The average Bonchev–Trinajstić information content (AvgIpc) is 2.97. The second kappa shape index (κ2) is 6.37. The zero-order valence-corrected chi connectivity index (χ0v) is 12.7. The van der Waals surface area contributed by atoms with E-state index in [-0.39, 0.29) is 12.0 Å². The van der Waals surface area contributed by atoms with E-state index in [0.29, 0.717) is 17.2 Å². The van der Waals surface area contributed by atoms with Gasteiger partial charge in [0.15, 0.2) is 0 Å². The van der Waals surface area contributed by atoms with Crippen molar-refractivity contribution in [1.29, 1.82) is 0 Å². The third kappa shape index (κ3) is 3.58. The molecule has 0 bridgehead atoms. The lowest BCUT2D eigenvalue weighted by Gasteiger charge is -2.11. The minimum atomic E-state index is -0.411. The maximum absolute atomic E-state index is 12.0. The normalized spacial score (nSPS) is 18.3. The fourth-order valence-electron chi connectivity index (χ4n) is 2.01. The number of anilines is 1. The van der Waals surface area contributed by atoms with Gasteiger partial charge < -0.3 is 14.8 Å². The van der Waals surface area contributed by atoms with E-state index in [0.717, 1.165) is 17.7 Å². The molecule has 1 atom stereocenters. The predicted octanol–water partition coefficient (Wildman–Crippen LogP) is 2.74. The highest BCUT2D eigenvalue weighted by Gasteiger charge is 2.26. The van der Waals surface area contributed by atoms with Crippen molar-refractivity contribution >= 4 is 28.2 Å². The molecule has 5 nitrogen and oxygen atoms in total. The molecule has 0 radical (unpaired) electrons. The van der Waals surface area contributed by atoms with Gasteiger partial charge in [0.25, 0.3) is 5.91 Å². The monoisotopic (exact) mass is 297 g/mol. The van der Waals surface area contributed by atoms with E-state index in [1.165, 1.54) is 11.3 Å². The minimum absolute atomic E-state index is 0.190. The number of hydrogen-bond donors (Lipinski definition) is 1. The Balaban J connectivity index is 2.10. The Morgan fingerprint density at radius 1 is 1.50 bits per heavy atom. The number of carbonyl (C=O) groups is 2. The molecule has 0 spiro atoms. The molecule has 1 fully saturated rings. The molecule has 0 aromatic carbocycles. The number of thiophene rings is 1. The molecule has 0 saturated carbocycles. The molecule has 1 aliphatic rings. The molecule has 2 heterocycles. The highest BCUT2D eigenvalue weighted by Crippen LogP contribution is 2.29. The average molecular weight is 297 g/mol. The summed E-state index contributed by atoms with van der Waals surface area (Å²) < 4.78 is 10.5. The lowest BCUT2D eigenvalue weighted by Crippen LogP contribution is -2.27. The maximum Gasteiger partial charge on any atom is 0.341 e. The van der Waals surface area contributed by atoms with Gasteiger partial charge in [-0.15, -0.1) is 11.3 Å². The molecule has 20 heavy (non-hydrogen) atoms. The molecule has 0 aliphatic carbocycles. The highest BCUT2D eigenvalue weighted by molar-refractivity contribution is 7.16. The number of aryl methyl sites for hydroxylation is 1. The van der Waals surface area contributed by atoms with E-state index in [1.54, 1.807) is 19.9 Å². The van der Waals surface area contributed by atoms with Gasteiger partial charge >= 0.3 is 5.97 Å². The van der Waals surface area contributed by atoms with Crippen molar-refractivity contribution in [3.63, 3.8) is 0 Å². The molecule has 1 amide bonds. The van der Waals surface area contributed by atoms with Crippen molar-refractivity contribution in [3.8, 4) is 0 Å². The Bertz CT molecular complexity index is 503. The summed E-state index contributed by atoms with van der Waals surface area (Å²) in [4.78, 5) is 25.0. The molecule has 0 unspecified atom stereocenters. The molecule has 1 saturated heterocycles. The van der Waals surface area contributed by atoms with E-state index >= 15 is 0 Å². The van der Waals surface area contributed by atoms with Gasteiger partial charge in [0.1, 0.15) is 11.1 Å². The third-order valence-electron chi connectivity index (χ3n) is 2.88. The fourth-order valence-corrected chi connectivity index (χ4v) is 2.92. The van der Waals surface area contributed by atoms with Crippen LogP contribution in [0.5, 0.6) is 0 Å². The highest BCUT2D eigenvalue weighted by atomic mass is 32.1. The van der Waals surface area contributed by atoms with Crippen molar-refractivity contribution < 1.29 is 19.1 Å². The molecule has 1 aliphatic heterocycles. The van der Waals surface area contributed by atoms with Crippen LogP contribution < -0.4 is 5.32 Å². The van der Waals surface area contributed by atoms with E-state index in [1.807, 2.05) is 6.92 Å². The number of ether oxygens (including phenoxy) is 2. The Hall–Kier alpha value is -1.40. The zero-order chi connectivity index (χ0) is 14.7. The molecular weight excluding hydrogens is 278 g/mol. The molecule has 110 valence electrons. The zero-order valence-electron chi connectivity index (χ0n) is 11.9. The number of rotatable bonds is 4. The third-order valence-corrected chi connectivity index (χ3v) is 3.84.